The molecular formula is C23H26O3S. The first-order valence-electron chi connectivity index (χ1n) is 9.69. The Balaban J connectivity index is 1.40. The molecule has 2 aromatic rings. The molecule has 2 bridgehead atoms. The molecule has 4 heteroatoms. The molecule has 0 N–H and O–H groups in total. The molecule has 2 aromatic carbocycles. The summed E-state index contributed by atoms with van der Waals surface area (Å²) in [6.45, 7) is 0. The van der Waals surface area contributed by atoms with Crippen molar-refractivity contribution < 1.29 is 14.3 Å². The molecule has 3 heterocycles. The van der Waals surface area contributed by atoms with Gasteiger partial charge in [0, 0.05) is 17.1 Å². The SMILES string of the molecule is O=C(Cc1ccccc1)O[C@H]1CS2(CC(=O)c3ccccc3)CCC1CC2. The van der Waals surface area contributed by atoms with Crippen LogP contribution in [0.15, 0.2) is 60.7 Å². The van der Waals surface area contributed by atoms with Crippen LogP contribution in [0.3, 0.4) is 0 Å². The van der Waals surface area contributed by atoms with Crippen molar-refractivity contribution in [2.24, 2.45) is 5.92 Å². The zero-order valence-corrected chi connectivity index (χ0v) is 16.3. The van der Waals surface area contributed by atoms with Gasteiger partial charge in [-0.2, -0.15) is 0 Å². The standard InChI is InChI=1S/C23H26O3S/c24-21(19-9-5-2-6-10-19)16-27-13-11-20(12-14-27)22(17-27)26-23(25)15-18-7-3-1-4-8-18/h1-10,20,22H,11-17H2/t22-/m0/s1. The first kappa shape index (κ1) is 18.3. The Morgan fingerprint density at radius 2 is 1.56 bits per heavy atom. The number of ether oxygens (including phenoxy) is 1. The van der Waals surface area contributed by atoms with E-state index in [9.17, 15) is 9.59 Å². The lowest BCUT2D eigenvalue weighted by atomic mass is 9.96. The highest BCUT2D eigenvalue weighted by molar-refractivity contribution is 8.34. The normalized spacial score (nSPS) is 28.9. The zero-order chi connectivity index (χ0) is 18.7. The lowest BCUT2D eigenvalue weighted by Gasteiger charge is -2.54. The van der Waals surface area contributed by atoms with Crippen LogP contribution in [-0.4, -0.2) is 40.9 Å². The number of ketones is 1. The Bertz CT molecular complexity index is 795. The fraction of sp³-hybridized carbons (Fsp3) is 0.391. The molecule has 1 atom stereocenters. The van der Waals surface area contributed by atoms with Crippen LogP contribution < -0.4 is 0 Å². The van der Waals surface area contributed by atoms with Gasteiger partial charge in [0.1, 0.15) is 6.10 Å². The van der Waals surface area contributed by atoms with Crippen LogP contribution in [0.25, 0.3) is 0 Å². The monoisotopic (exact) mass is 382 g/mol. The number of rotatable bonds is 6. The molecule has 142 valence electrons. The molecule has 3 saturated heterocycles. The molecule has 3 nitrogen and oxygen atoms in total. The molecule has 0 aliphatic carbocycles. The van der Waals surface area contributed by atoms with E-state index >= 15 is 0 Å². The van der Waals surface area contributed by atoms with Crippen molar-refractivity contribution in [3.05, 3.63) is 71.8 Å². The van der Waals surface area contributed by atoms with E-state index in [1.165, 1.54) is 0 Å². The molecule has 0 aromatic heterocycles. The molecule has 0 radical (unpaired) electrons. The summed E-state index contributed by atoms with van der Waals surface area (Å²) >= 11 is 0. The molecular weight excluding hydrogens is 356 g/mol. The van der Waals surface area contributed by atoms with Gasteiger partial charge in [-0.25, -0.2) is 10.0 Å². The van der Waals surface area contributed by atoms with Gasteiger partial charge in [0.05, 0.1) is 6.42 Å². The second-order valence-corrected chi connectivity index (χ2v) is 11.6. The molecule has 0 unspecified atom stereocenters. The molecule has 3 aliphatic rings. The third-order valence-corrected chi connectivity index (χ3v) is 10.0. The number of esters is 1. The van der Waals surface area contributed by atoms with Crippen molar-refractivity contribution in [3.63, 3.8) is 0 Å². The first-order chi connectivity index (χ1) is 13.1. The van der Waals surface area contributed by atoms with Crippen molar-refractivity contribution in [2.45, 2.75) is 25.4 Å². The third-order valence-electron chi connectivity index (χ3n) is 5.89. The summed E-state index contributed by atoms with van der Waals surface area (Å²) in [7, 11) is -1.01. The van der Waals surface area contributed by atoms with E-state index in [4.69, 9.17) is 4.74 Å². The van der Waals surface area contributed by atoms with Crippen molar-refractivity contribution >= 4 is 21.8 Å². The maximum absolute atomic E-state index is 12.8. The Morgan fingerprint density at radius 3 is 2.22 bits per heavy atom. The van der Waals surface area contributed by atoms with Crippen molar-refractivity contribution in [2.75, 3.05) is 23.0 Å². The molecule has 0 amide bonds. The van der Waals surface area contributed by atoms with Gasteiger partial charge in [-0.3, -0.25) is 9.59 Å². The van der Waals surface area contributed by atoms with E-state index in [0.717, 1.165) is 41.2 Å². The zero-order valence-electron chi connectivity index (χ0n) is 15.5. The quantitative estimate of drug-likeness (QED) is 0.554. The Morgan fingerprint density at radius 1 is 0.926 bits per heavy atom. The van der Waals surface area contributed by atoms with Crippen LogP contribution in [0, 0.1) is 5.92 Å². The van der Waals surface area contributed by atoms with E-state index in [1.54, 1.807) is 0 Å². The van der Waals surface area contributed by atoms with Crippen LogP contribution in [0.5, 0.6) is 0 Å². The summed E-state index contributed by atoms with van der Waals surface area (Å²) in [5.74, 6) is 4.47. The van der Waals surface area contributed by atoms with Gasteiger partial charge in [0.2, 0.25) is 0 Å². The minimum Gasteiger partial charge on any atom is -0.461 e. The van der Waals surface area contributed by atoms with E-state index in [2.05, 4.69) is 0 Å². The summed E-state index contributed by atoms with van der Waals surface area (Å²) in [5, 5.41) is 0. The largest absolute Gasteiger partial charge is 0.461 e. The van der Waals surface area contributed by atoms with E-state index in [-0.39, 0.29) is 17.9 Å². The predicted octanol–water partition coefficient (Wildman–Crippen LogP) is 4.25. The number of benzene rings is 2. The number of fused-ring (bicyclic) bond motifs is 3. The first-order valence-corrected chi connectivity index (χ1v) is 12.0. The van der Waals surface area contributed by atoms with E-state index in [1.807, 2.05) is 60.7 Å². The van der Waals surface area contributed by atoms with Gasteiger partial charge < -0.3 is 4.74 Å². The number of hydrogen-bond acceptors (Lipinski definition) is 3. The van der Waals surface area contributed by atoms with E-state index < -0.39 is 10.0 Å². The van der Waals surface area contributed by atoms with Crippen LogP contribution in [0.2, 0.25) is 0 Å². The summed E-state index contributed by atoms with van der Waals surface area (Å²) in [6, 6.07) is 19.4. The summed E-state index contributed by atoms with van der Waals surface area (Å²) < 4.78 is 5.91. The van der Waals surface area contributed by atoms with Crippen LogP contribution in [-0.2, 0) is 16.0 Å². The molecule has 0 spiro atoms. The molecule has 0 saturated carbocycles. The summed E-state index contributed by atoms with van der Waals surface area (Å²) in [4.78, 5) is 25.2. The highest BCUT2D eigenvalue weighted by Crippen LogP contribution is 2.60. The topological polar surface area (TPSA) is 43.4 Å². The van der Waals surface area contributed by atoms with Gasteiger partial charge in [-0.05, 0) is 35.8 Å². The van der Waals surface area contributed by atoms with Gasteiger partial charge in [-0.1, -0.05) is 60.7 Å². The number of carbonyl (C=O) groups excluding carboxylic acids is 2. The highest BCUT2D eigenvalue weighted by Gasteiger charge is 2.45. The van der Waals surface area contributed by atoms with Crippen molar-refractivity contribution in [3.8, 4) is 0 Å². The lowest BCUT2D eigenvalue weighted by Crippen LogP contribution is -2.46. The Kier molecular flexibility index (Phi) is 5.35. The summed E-state index contributed by atoms with van der Waals surface area (Å²) in [5.41, 5.74) is 1.80. The third kappa shape index (κ3) is 4.27. The van der Waals surface area contributed by atoms with Crippen LogP contribution in [0.4, 0.5) is 0 Å². The lowest BCUT2D eigenvalue weighted by molar-refractivity contribution is -0.150. The molecule has 3 aliphatic heterocycles. The van der Waals surface area contributed by atoms with Crippen LogP contribution in [0.1, 0.15) is 28.8 Å². The second-order valence-electron chi connectivity index (χ2n) is 7.76. The number of Topliss-reactive ketones (excluding diaryl/α,β-unsaturated/α-hetero) is 1. The average Bonchev–Trinajstić information content (AvgIpc) is 2.70. The van der Waals surface area contributed by atoms with Gasteiger partial charge in [0.15, 0.2) is 5.78 Å². The minimum absolute atomic E-state index is 0.00212. The number of carbonyl (C=O) groups is 2. The smallest absolute Gasteiger partial charge is 0.310 e. The highest BCUT2D eigenvalue weighted by atomic mass is 32.3. The minimum atomic E-state index is -1.01. The fourth-order valence-corrected chi connectivity index (χ4v) is 8.67. The van der Waals surface area contributed by atoms with Gasteiger partial charge in [0.25, 0.3) is 0 Å². The molecule has 3 fully saturated rings. The maximum Gasteiger partial charge on any atom is 0.310 e. The molecule has 27 heavy (non-hydrogen) atoms. The van der Waals surface area contributed by atoms with E-state index in [0.29, 0.717) is 18.1 Å². The summed E-state index contributed by atoms with van der Waals surface area (Å²) in [6.07, 6.45) is 2.53. The number of hydrogen-bond donors (Lipinski definition) is 0. The van der Waals surface area contributed by atoms with Crippen LogP contribution >= 0.6 is 10.0 Å². The van der Waals surface area contributed by atoms with Crippen molar-refractivity contribution in [1.29, 1.82) is 0 Å². The Labute approximate surface area is 162 Å². The van der Waals surface area contributed by atoms with Gasteiger partial charge >= 0.3 is 5.97 Å². The molecule has 5 rings (SSSR count). The maximum atomic E-state index is 12.8. The predicted molar refractivity (Wildman–Crippen MR) is 111 cm³/mol. The van der Waals surface area contributed by atoms with Gasteiger partial charge in [-0.15, -0.1) is 0 Å². The fourth-order valence-electron chi connectivity index (χ4n) is 4.36. The average molecular weight is 383 g/mol. The van der Waals surface area contributed by atoms with Crippen molar-refractivity contribution in [1.82, 2.24) is 0 Å². The second kappa shape index (κ2) is 7.89. The Hall–Kier alpha value is -2.07.